The molecule has 3 aliphatic rings. The Morgan fingerprint density at radius 3 is 2.57 bits per heavy atom. The monoisotopic (exact) mass is 374 g/mol. The van der Waals surface area contributed by atoms with E-state index in [4.69, 9.17) is 0 Å². The van der Waals surface area contributed by atoms with Crippen molar-refractivity contribution in [1.82, 2.24) is 14.7 Å². The fraction of sp³-hybridized carbons (Fsp3) is 0.350. The number of nitrogens with one attached hydrogen (secondary N) is 2. The molecule has 2 unspecified atom stereocenters. The minimum absolute atomic E-state index is 0.122. The maximum Gasteiger partial charge on any atom is 0.153 e. The molecule has 4 rings (SSSR count). The molecule has 0 radical (unpaired) electrons. The molecule has 0 saturated carbocycles. The quantitative estimate of drug-likeness (QED) is 0.715. The Labute approximate surface area is 164 Å². The van der Waals surface area contributed by atoms with Gasteiger partial charge in [0.05, 0.1) is 53.3 Å². The highest BCUT2D eigenvalue weighted by atomic mass is 15.4. The minimum Gasteiger partial charge on any atom is -0.373 e. The molecule has 2 N–H and O–H groups in total. The van der Waals surface area contributed by atoms with Crippen LogP contribution in [0.25, 0.3) is 0 Å². The Kier molecular flexibility index (Phi) is 3.93. The highest BCUT2D eigenvalue weighted by Gasteiger charge is 2.41. The largest absolute Gasteiger partial charge is 0.373 e. The van der Waals surface area contributed by atoms with Crippen LogP contribution in [0.15, 0.2) is 34.9 Å². The summed E-state index contributed by atoms with van der Waals surface area (Å²) in [5, 5.41) is 26.2. The molecule has 0 aliphatic carbocycles. The van der Waals surface area contributed by atoms with Gasteiger partial charge in [-0.05, 0) is 18.6 Å². The molecule has 8 heteroatoms. The Hall–Kier alpha value is -3.65. The minimum atomic E-state index is -0.137. The van der Waals surface area contributed by atoms with Crippen LogP contribution >= 0.6 is 0 Å². The van der Waals surface area contributed by atoms with Gasteiger partial charge >= 0.3 is 0 Å². The first-order valence-corrected chi connectivity index (χ1v) is 9.00. The van der Waals surface area contributed by atoms with Gasteiger partial charge in [0.25, 0.3) is 0 Å². The van der Waals surface area contributed by atoms with Gasteiger partial charge in [0.15, 0.2) is 5.82 Å². The van der Waals surface area contributed by atoms with Crippen LogP contribution in [-0.4, -0.2) is 60.9 Å². The van der Waals surface area contributed by atoms with E-state index in [2.05, 4.69) is 44.1 Å². The smallest absolute Gasteiger partial charge is 0.153 e. The summed E-state index contributed by atoms with van der Waals surface area (Å²) < 4.78 is 0. The van der Waals surface area contributed by atoms with E-state index in [-0.39, 0.29) is 12.1 Å². The fourth-order valence-corrected chi connectivity index (χ4v) is 4.15. The molecule has 1 aromatic rings. The van der Waals surface area contributed by atoms with E-state index in [0.29, 0.717) is 11.1 Å². The second kappa shape index (κ2) is 6.21. The first kappa shape index (κ1) is 17.7. The number of anilines is 2. The van der Waals surface area contributed by atoms with E-state index < -0.39 is 0 Å². The molecule has 142 valence electrons. The first-order chi connectivity index (χ1) is 13.4. The molecule has 0 fully saturated rings. The molecular formula is C20H22N8. The predicted octanol–water partition coefficient (Wildman–Crippen LogP) is 1.80. The van der Waals surface area contributed by atoms with E-state index in [0.717, 1.165) is 40.8 Å². The normalized spacial score (nSPS) is 24.1. The van der Waals surface area contributed by atoms with Gasteiger partial charge in [0, 0.05) is 26.8 Å². The van der Waals surface area contributed by atoms with Gasteiger partial charge in [-0.15, -0.1) is 0 Å². The maximum absolute atomic E-state index is 9.54. The maximum atomic E-state index is 9.54. The number of nitriles is 2. The zero-order valence-electron chi connectivity index (χ0n) is 16.4. The van der Waals surface area contributed by atoms with Crippen molar-refractivity contribution in [2.24, 2.45) is 4.99 Å². The average Bonchev–Trinajstić information content (AvgIpc) is 2.96. The number of hydrogen-bond donors (Lipinski definition) is 2. The highest BCUT2D eigenvalue weighted by molar-refractivity contribution is 5.82. The van der Waals surface area contributed by atoms with Crippen molar-refractivity contribution in [2.75, 3.05) is 38.4 Å². The molecule has 1 aromatic carbocycles. The fourth-order valence-electron chi connectivity index (χ4n) is 4.15. The lowest BCUT2D eigenvalue weighted by Gasteiger charge is -2.42. The third kappa shape index (κ3) is 2.39. The molecule has 0 bridgehead atoms. The molecule has 0 saturated heterocycles. The van der Waals surface area contributed by atoms with Crippen molar-refractivity contribution in [3.05, 3.63) is 46.6 Å². The van der Waals surface area contributed by atoms with Crippen molar-refractivity contribution in [3.63, 3.8) is 0 Å². The number of fused-ring (bicyclic) bond motifs is 3. The molecule has 0 amide bonds. The zero-order valence-corrected chi connectivity index (χ0v) is 16.4. The molecule has 28 heavy (non-hydrogen) atoms. The molecule has 2 atom stereocenters. The molecule has 8 nitrogen and oxygen atoms in total. The first-order valence-electron chi connectivity index (χ1n) is 9.00. The molecule has 0 aromatic heterocycles. The van der Waals surface area contributed by atoms with E-state index in [9.17, 15) is 10.5 Å². The van der Waals surface area contributed by atoms with E-state index in [1.165, 1.54) is 0 Å². The topological polar surface area (TPSA) is 93.7 Å². The molecule has 3 heterocycles. The standard InChI is InChI=1S/C20H22N8/c1-11-14(8-22)13(7-21)6-15-16(11)25-18-17(24-15)12(2)26(3)9-23-20-19(18)27(4)10-28(20)5/h6,9,17-18,24-25H,2,10H2,1,3-5H3/b23-9-. The van der Waals surface area contributed by atoms with Crippen LogP contribution in [0.3, 0.4) is 0 Å². The summed E-state index contributed by atoms with van der Waals surface area (Å²) in [4.78, 5) is 10.9. The van der Waals surface area contributed by atoms with Crippen LogP contribution < -0.4 is 10.6 Å². The lowest BCUT2D eigenvalue weighted by atomic mass is 9.92. The number of likely N-dealkylation sites (N-methyl/N-ethyl adjacent to an activating group) is 2. The van der Waals surface area contributed by atoms with Crippen LogP contribution in [0.4, 0.5) is 11.4 Å². The van der Waals surface area contributed by atoms with Gasteiger partial charge < -0.3 is 25.3 Å². The van der Waals surface area contributed by atoms with Crippen LogP contribution in [-0.2, 0) is 0 Å². The summed E-state index contributed by atoms with van der Waals surface area (Å²) in [7, 11) is 5.99. The second-order valence-electron chi connectivity index (χ2n) is 7.41. The highest BCUT2D eigenvalue weighted by Crippen LogP contribution is 2.41. The summed E-state index contributed by atoms with van der Waals surface area (Å²) in [5.74, 6) is 0.904. The Morgan fingerprint density at radius 2 is 1.89 bits per heavy atom. The summed E-state index contributed by atoms with van der Waals surface area (Å²) in [6.45, 7) is 6.88. The van der Waals surface area contributed by atoms with Gasteiger partial charge in [-0.3, -0.25) is 0 Å². The Bertz CT molecular complexity index is 1020. The number of aliphatic imine (C=N–C) groups is 1. The number of nitrogens with zero attached hydrogens (tertiary/aromatic N) is 6. The van der Waals surface area contributed by atoms with Crippen LogP contribution in [0, 0.1) is 29.6 Å². The molecular weight excluding hydrogens is 352 g/mol. The van der Waals surface area contributed by atoms with E-state index in [1.807, 2.05) is 33.0 Å². The lowest BCUT2D eigenvalue weighted by molar-refractivity contribution is 0.309. The number of hydrogen-bond acceptors (Lipinski definition) is 8. The molecule has 3 aliphatic heterocycles. The summed E-state index contributed by atoms with van der Waals surface area (Å²) in [5.41, 5.74) is 5.11. The van der Waals surface area contributed by atoms with E-state index in [1.54, 1.807) is 12.4 Å². The van der Waals surface area contributed by atoms with Gasteiger partial charge in [0.1, 0.15) is 12.1 Å². The summed E-state index contributed by atoms with van der Waals surface area (Å²) >= 11 is 0. The van der Waals surface area contributed by atoms with Crippen LogP contribution in [0.1, 0.15) is 16.7 Å². The Morgan fingerprint density at radius 1 is 1.14 bits per heavy atom. The second-order valence-corrected chi connectivity index (χ2v) is 7.41. The van der Waals surface area contributed by atoms with Crippen molar-refractivity contribution in [2.45, 2.75) is 19.0 Å². The van der Waals surface area contributed by atoms with Crippen LogP contribution in [0.2, 0.25) is 0 Å². The Balaban J connectivity index is 1.91. The van der Waals surface area contributed by atoms with Gasteiger partial charge in [-0.2, -0.15) is 10.5 Å². The summed E-state index contributed by atoms with van der Waals surface area (Å²) in [6, 6.07) is 5.78. The van der Waals surface area contributed by atoms with Crippen molar-refractivity contribution >= 4 is 17.7 Å². The number of rotatable bonds is 0. The summed E-state index contributed by atoms with van der Waals surface area (Å²) in [6.07, 6.45) is 1.78. The van der Waals surface area contributed by atoms with Crippen molar-refractivity contribution in [3.8, 4) is 12.1 Å². The average molecular weight is 374 g/mol. The van der Waals surface area contributed by atoms with Crippen LogP contribution in [0.5, 0.6) is 0 Å². The molecule has 0 spiro atoms. The van der Waals surface area contributed by atoms with Crippen molar-refractivity contribution < 1.29 is 0 Å². The third-order valence-electron chi connectivity index (χ3n) is 5.64. The third-order valence-corrected chi connectivity index (χ3v) is 5.64. The van der Waals surface area contributed by atoms with Gasteiger partial charge in [-0.25, -0.2) is 4.99 Å². The predicted molar refractivity (Wildman–Crippen MR) is 108 cm³/mol. The SMILES string of the molecule is C=C1C2Nc3cc(C#N)c(C#N)c(C)c3NC2C2=C(/N=C\N1C)N(C)CN2C. The van der Waals surface area contributed by atoms with E-state index >= 15 is 0 Å². The zero-order chi connectivity index (χ0) is 20.2. The van der Waals surface area contributed by atoms with Crippen molar-refractivity contribution in [1.29, 1.82) is 10.5 Å². The lowest BCUT2D eigenvalue weighted by Crippen LogP contribution is -2.51. The van der Waals surface area contributed by atoms with Gasteiger partial charge in [-0.1, -0.05) is 6.58 Å². The van der Waals surface area contributed by atoms with Gasteiger partial charge in [0.2, 0.25) is 0 Å². The number of benzene rings is 1.